The monoisotopic (exact) mass is 299 g/mol. The zero-order valence-corrected chi connectivity index (χ0v) is 12.7. The van der Waals surface area contributed by atoms with Gasteiger partial charge in [0.1, 0.15) is 27.4 Å². The molecule has 0 saturated heterocycles. The molecular weight excluding hydrogens is 278 g/mol. The number of nitrogens with two attached hydrogens (primary N) is 1. The van der Waals surface area contributed by atoms with Gasteiger partial charge < -0.3 is 15.2 Å². The summed E-state index contributed by atoms with van der Waals surface area (Å²) in [7, 11) is -1.43. The maximum absolute atomic E-state index is 11.7. The van der Waals surface area contributed by atoms with Crippen molar-refractivity contribution in [2.75, 3.05) is 19.1 Å². The second kappa shape index (κ2) is 5.91. The van der Waals surface area contributed by atoms with Gasteiger partial charge in [-0.2, -0.15) is 0 Å². The maximum Gasteiger partial charge on any atom is 0.150 e. The Labute approximate surface area is 120 Å². The Balaban J connectivity index is 2.10. The summed E-state index contributed by atoms with van der Waals surface area (Å²) in [5.41, 5.74) is 6.42. The Morgan fingerprint density at radius 2 is 2.05 bits per heavy atom. The molecule has 112 valence electrons. The van der Waals surface area contributed by atoms with E-state index in [1.807, 2.05) is 0 Å². The Hall–Kier alpha value is -1.43. The van der Waals surface area contributed by atoms with Crippen LogP contribution in [0.25, 0.3) is 0 Å². The van der Waals surface area contributed by atoms with Crippen molar-refractivity contribution in [2.24, 2.45) is 0 Å². The highest BCUT2D eigenvalue weighted by Gasteiger charge is 2.30. The van der Waals surface area contributed by atoms with Gasteiger partial charge in [-0.05, 0) is 31.4 Å². The molecule has 0 heterocycles. The smallest absolute Gasteiger partial charge is 0.150 e. The number of rotatable bonds is 4. The molecule has 5 nitrogen and oxygen atoms in total. The number of benzene rings is 1. The third kappa shape index (κ3) is 3.56. The molecule has 1 aliphatic carbocycles. The van der Waals surface area contributed by atoms with E-state index in [9.17, 15) is 8.42 Å². The van der Waals surface area contributed by atoms with Gasteiger partial charge in [0.15, 0.2) is 0 Å². The van der Waals surface area contributed by atoms with E-state index in [-0.39, 0.29) is 11.4 Å². The molecule has 0 aliphatic heterocycles. The van der Waals surface area contributed by atoms with E-state index < -0.39 is 9.84 Å². The van der Waals surface area contributed by atoms with Crippen LogP contribution in [0, 0.1) is 0 Å². The van der Waals surface area contributed by atoms with Crippen molar-refractivity contribution in [3.63, 3.8) is 0 Å². The number of methoxy groups -OCH3 is 1. The largest absolute Gasteiger partial charge is 0.497 e. The average Bonchev–Trinajstić information content (AvgIpc) is 2.41. The second-order valence-corrected chi connectivity index (χ2v) is 7.59. The van der Waals surface area contributed by atoms with E-state index >= 15 is 0 Å². The molecule has 2 unspecified atom stereocenters. The van der Waals surface area contributed by atoms with Gasteiger partial charge in [-0.1, -0.05) is 0 Å². The third-order valence-electron chi connectivity index (χ3n) is 3.70. The summed E-state index contributed by atoms with van der Waals surface area (Å²) in [5, 5.41) is -0.312. The van der Waals surface area contributed by atoms with Crippen molar-refractivity contribution >= 4 is 15.5 Å². The van der Waals surface area contributed by atoms with Gasteiger partial charge in [-0.25, -0.2) is 8.42 Å². The number of nitrogen functional groups attached to an aromatic ring is 1. The van der Waals surface area contributed by atoms with E-state index in [1.54, 1.807) is 25.3 Å². The summed E-state index contributed by atoms with van der Waals surface area (Å²) in [6.45, 7) is 0. The Bertz CT molecular complexity index is 571. The zero-order valence-electron chi connectivity index (χ0n) is 11.8. The molecule has 1 saturated carbocycles. The minimum atomic E-state index is -3.01. The van der Waals surface area contributed by atoms with Crippen molar-refractivity contribution in [1.29, 1.82) is 0 Å². The summed E-state index contributed by atoms with van der Waals surface area (Å²) in [6.07, 6.45) is 4.12. The zero-order chi connectivity index (χ0) is 14.8. The molecule has 0 radical (unpaired) electrons. The lowest BCUT2D eigenvalue weighted by molar-refractivity contribution is 0.157. The van der Waals surface area contributed by atoms with Crippen LogP contribution in [0.4, 0.5) is 5.69 Å². The molecule has 0 amide bonds. The number of sulfone groups is 1. The fraction of sp³-hybridized carbons (Fsp3) is 0.571. The Kier molecular flexibility index (Phi) is 4.42. The molecule has 1 aromatic carbocycles. The molecule has 1 aliphatic rings. The van der Waals surface area contributed by atoms with E-state index in [4.69, 9.17) is 15.2 Å². The van der Waals surface area contributed by atoms with Crippen LogP contribution in [0.15, 0.2) is 18.2 Å². The Morgan fingerprint density at radius 1 is 1.30 bits per heavy atom. The first-order valence-electron chi connectivity index (χ1n) is 6.69. The lowest BCUT2D eigenvalue weighted by Crippen LogP contribution is -2.33. The first kappa shape index (κ1) is 15.0. The van der Waals surface area contributed by atoms with Crippen molar-refractivity contribution in [2.45, 2.75) is 37.0 Å². The molecule has 2 N–H and O–H groups in total. The van der Waals surface area contributed by atoms with Gasteiger partial charge in [0.05, 0.1) is 18.0 Å². The molecule has 2 atom stereocenters. The van der Waals surface area contributed by atoms with Crippen LogP contribution in [-0.4, -0.2) is 33.1 Å². The molecular formula is C14H21NO4S. The average molecular weight is 299 g/mol. The highest BCUT2D eigenvalue weighted by atomic mass is 32.2. The summed E-state index contributed by atoms with van der Waals surface area (Å²) < 4.78 is 34.3. The van der Waals surface area contributed by atoms with Crippen molar-refractivity contribution in [3.8, 4) is 11.5 Å². The van der Waals surface area contributed by atoms with Crippen LogP contribution >= 0.6 is 0 Å². The molecule has 0 bridgehead atoms. The van der Waals surface area contributed by atoms with Crippen LogP contribution in [0.1, 0.15) is 25.7 Å². The number of hydrogen-bond acceptors (Lipinski definition) is 5. The normalized spacial score (nSPS) is 23.3. The summed E-state index contributed by atoms with van der Waals surface area (Å²) in [4.78, 5) is 0. The molecule has 0 aromatic heterocycles. The van der Waals surface area contributed by atoms with Gasteiger partial charge in [-0.15, -0.1) is 0 Å². The second-order valence-electron chi connectivity index (χ2n) is 5.26. The molecule has 6 heteroatoms. The van der Waals surface area contributed by atoms with Gasteiger partial charge in [0.25, 0.3) is 0 Å². The van der Waals surface area contributed by atoms with Crippen LogP contribution < -0.4 is 15.2 Å². The van der Waals surface area contributed by atoms with E-state index in [0.29, 0.717) is 30.0 Å². The van der Waals surface area contributed by atoms with Crippen molar-refractivity contribution in [1.82, 2.24) is 0 Å². The fourth-order valence-electron chi connectivity index (χ4n) is 2.52. The van der Waals surface area contributed by atoms with Crippen LogP contribution in [-0.2, 0) is 9.84 Å². The lowest BCUT2D eigenvalue weighted by atomic mass is 9.97. The summed E-state index contributed by atoms with van der Waals surface area (Å²) in [6, 6.07) is 5.23. The first-order valence-corrected chi connectivity index (χ1v) is 8.64. The van der Waals surface area contributed by atoms with Crippen molar-refractivity contribution in [3.05, 3.63) is 18.2 Å². The number of hydrogen-bond donors (Lipinski definition) is 1. The Morgan fingerprint density at radius 3 is 2.70 bits per heavy atom. The first-order chi connectivity index (χ1) is 9.40. The van der Waals surface area contributed by atoms with E-state index in [0.717, 1.165) is 12.8 Å². The molecule has 1 fully saturated rings. The molecule has 0 spiro atoms. The van der Waals surface area contributed by atoms with Crippen LogP contribution in [0.3, 0.4) is 0 Å². The predicted molar refractivity (Wildman–Crippen MR) is 78.9 cm³/mol. The lowest BCUT2D eigenvalue weighted by Gasteiger charge is -2.29. The van der Waals surface area contributed by atoms with Crippen LogP contribution in [0.5, 0.6) is 11.5 Å². The highest BCUT2D eigenvalue weighted by molar-refractivity contribution is 7.91. The maximum atomic E-state index is 11.7. The minimum absolute atomic E-state index is 0.113. The third-order valence-corrected chi connectivity index (χ3v) is 5.34. The molecule has 2 rings (SSSR count). The SMILES string of the molecule is COc1ccc(N)c(OC2CCCC(S(C)(=O)=O)C2)c1. The van der Waals surface area contributed by atoms with Crippen molar-refractivity contribution < 1.29 is 17.9 Å². The number of ether oxygens (including phenoxy) is 2. The fourth-order valence-corrected chi connectivity index (χ4v) is 3.68. The topological polar surface area (TPSA) is 78.6 Å². The predicted octanol–water partition coefficient (Wildman–Crippen LogP) is 2.01. The minimum Gasteiger partial charge on any atom is -0.497 e. The van der Waals surface area contributed by atoms with Gasteiger partial charge >= 0.3 is 0 Å². The number of anilines is 1. The standard InChI is InChI=1S/C14H21NO4S/c1-18-10-6-7-13(15)14(9-10)19-11-4-3-5-12(8-11)20(2,16)17/h6-7,9,11-12H,3-5,8,15H2,1-2H3. The van der Waals surface area contributed by atoms with Gasteiger partial charge in [0.2, 0.25) is 0 Å². The van der Waals surface area contributed by atoms with Gasteiger partial charge in [0, 0.05) is 18.7 Å². The molecule has 1 aromatic rings. The van der Waals surface area contributed by atoms with Gasteiger partial charge in [-0.3, -0.25) is 0 Å². The van der Waals surface area contributed by atoms with E-state index in [2.05, 4.69) is 0 Å². The quantitative estimate of drug-likeness (QED) is 0.860. The van der Waals surface area contributed by atoms with Crippen LogP contribution in [0.2, 0.25) is 0 Å². The molecule has 20 heavy (non-hydrogen) atoms. The van der Waals surface area contributed by atoms with E-state index in [1.165, 1.54) is 6.26 Å². The summed E-state index contributed by atoms with van der Waals surface area (Å²) >= 11 is 0. The highest BCUT2D eigenvalue weighted by Crippen LogP contribution is 2.32. The summed E-state index contributed by atoms with van der Waals surface area (Å²) in [5.74, 6) is 1.23.